The van der Waals surface area contributed by atoms with Crippen molar-refractivity contribution in [2.45, 2.75) is 19.9 Å². The van der Waals surface area contributed by atoms with Gasteiger partial charge >= 0.3 is 5.97 Å². The van der Waals surface area contributed by atoms with Crippen LogP contribution in [0.2, 0.25) is 0 Å². The number of aryl methyl sites for hydroxylation is 1. The number of thiazole rings is 1. The molecule has 0 radical (unpaired) electrons. The molecular formula is C20H17N3O3S. The number of nitriles is 1. The fourth-order valence-corrected chi connectivity index (χ4v) is 3.70. The minimum atomic E-state index is -0.430. The number of carbonyl (C=O) groups is 2. The maximum absolute atomic E-state index is 12.5. The molecule has 2 aromatic carbocycles. The van der Waals surface area contributed by atoms with E-state index in [-0.39, 0.29) is 6.54 Å². The van der Waals surface area contributed by atoms with Crippen molar-refractivity contribution in [3.63, 3.8) is 0 Å². The smallest absolute Gasteiger partial charge is 0.325 e. The SMILES string of the molecule is CCc1ccc2c(c1)sc(=NC(=O)c1ccc(C#N)cc1)n2CC(=O)OC. The third-order valence-corrected chi connectivity index (χ3v) is 5.17. The van der Waals surface area contributed by atoms with Gasteiger partial charge in [0.1, 0.15) is 6.54 Å². The number of ether oxygens (including phenoxy) is 1. The summed E-state index contributed by atoms with van der Waals surface area (Å²) in [5.41, 5.74) is 2.85. The Morgan fingerprint density at radius 2 is 1.96 bits per heavy atom. The lowest BCUT2D eigenvalue weighted by Crippen LogP contribution is -2.22. The molecule has 0 saturated carbocycles. The quantitative estimate of drug-likeness (QED) is 0.652. The van der Waals surface area contributed by atoms with Gasteiger partial charge in [0.15, 0.2) is 4.80 Å². The predicted octanol–water partition coefficient (Wildman–Crippen LogP) is 3.05. The maximum Gasteiger partial charge on any atom is 0.325 e. The number of hydrogen-bond acceptors (Lipinski definition) is 5. The number of esters is 1. The van der Waals surface area contributed by atoms with E-state index < -0.39 is 11.9 Å². The van der Waals surface area contributed by atoms with Gasteiger partial charge in [-0.3, -0.25) is 9.59 Å². The molecule has 0 unspecified atom stereocenters. The van der Waals surface area contributed by atoms with Gasteiger partial charge in [0.2, 0.25) is 0 Å². The second kappa shape index (κ2) is 7.98. The van der Waals surface area contributed by atoms with Crippen molar-refractivity contribution in [1.82, 2.24) is 4.57 Å². The Morgan fingerprint density at radius 3 is 2.59 bits per heavy atom. The Morgan fingerprint density at radius 1 is 1.22 bits per heavy atom. The second-order valence-electron chi connectivity index (χ2n) is 5.81. The summed E-state index contributed by atoms with van der Waals surface area (Å²) in [6, 6.07) is 14.3. The monoisotopic (exact) mass is 379 g/mol. The van der Waals surface area contributed by atoms with Crippen LogP contribution in [0.25, 0.3) is 10.2 Å². The van der Waals surface area contributed by atoms with Crippen molar-refractivity contribution in [3.8, 4) is 6.07 Å². The van der Waals surface area contributed by atoms with Gasteiger partial charge < -0.3 is 9.30 Å². The Labute approximate surface area is 160 Å². The van der Waals surface area contributed by atoms with Crippen molar-refractivity contribution >= 4 is 33.4 Å². The molecule has 1 heterocycles. The number of carbonyl (C=O) groups excluding carboxylic acids is 2. The third-order valence-electron chi connectivity index (χ3n) is 4.13. The highest BCUT2D eigenvalue weighted by Gasteiger charge is 2.13. The molecule has 6 nitrogen and oxygen atoms in total. The first-order chi connectivity index (χ1) is 13.0. The standard InChI is InChI=1S/C20H17N3O3S/c1-3-13-6-9-16-17(10-13)27-20(23(16)12-18(24)26-2)22-19(25)15-7-4-14(11-21)5-8-15/h4-10H,3,12H2,1-2H3. The highest BCUT2D eigenvalue weighted by atomic mass is 32.1. The van der Waals surface area contributed by atoms with E-state index in [1.807, 2.05) is 24.3 Å². The van der Waals surface area contributed by atoms with Crippen LogP contribution in [0.15, 0.2) is 47.5 Å². The van der Waals surface area contributed by atoms with Crippen LogP contribution in [-0.2, 0) is 22.5 Å². The fraction of sp³-hybridized carbons (Fsp3) is 0.200. The van der Waals surface area contributed by atoms with E-state index in [4.69, 9.17) is 10.00 Å². The maximum atomic E-state index is 12.5. The Balaban J connectivity index is 2.11. The van der Waals surface area contributed by atoms with Crippen LogP contribution in [0.3, 0.4) is 0 Å². The van der Waals surface area contributed by atoms with E-state index in [0.29, 0.717) is 15.9 Å². The van der Waals surface area contributed by atoms with Gasteiger partial charge in [-0.25, -0.2) is 0 Å². The van der Waals surface area contributed by atoms with Crippen LogP contribution in [0.4, 0.5) is 0 Å². The van der Waals surface area contributed by atoms with E-state index in [1.54, 1.807) is 28.8 Å². The molecule has 27 heavy (non-hydrogen) atoms. The van der Waals surface area contributed by atoms with Crippen molar-refractivity contribution in [2.75, 3.05) is 7.11 Å². The minimum Gasteiger partial charge on any atom is -0.468 e. The van der Waals surface area contributed by atoms with Gasteiger partial charge in [-0.05, 0) is 48.4 Å². The number of aromatic nitrogens is 1. The number of hydrogen-bond donors (Lipinski definition) is 0. The highest BCUT2D eigenvalue weighted by molar-refractivity contribution is 7.16. The summed E-state index contributed by atoms with van der Waals surface area (Å²) in [7, 11) is 1.32. The predicted molar refractivity (Wildman–Crippen MR) is 102 cm³/mol. The molecule has 0 bridgehead atoms. The van der Waals surface area contributed by atoms with Crippen LogP contribution < -0.4 is 4.80 Å². The lowest BCUT2D eigenvalue weighted by atomic mass is 10.1. The number of benzene rings is 2. The topological polar surface area (TPSA) is 84.5 Å². The molecular weight excluding hydrogens is 362 g/mol. The average molecular weight is 379 g/mol. The van der Waals surface area contributed by atoms with Gasteiger partial charge in [-0.1, -0.05) is 24.3 Å². The molecule has 0 aliphatic rings. The summed E-state index contributed by atoms with van der Waals surface area (Å²) in [4.78, 5) is 29.0. The summed E-state index contributed by atoms with van der Waals surface area (Å²) < 4.78 is 7.41. The molecule has 0 spiro atoms. The van der Waals surface area contributed by atoms with Crippen LogP contribution in [0.5, 0.6) is 0 Å². The summed E-state index contributed by atoms with van der Waals surface area (Å²) >= 11 is 1.35. The fourth-order valence-electron chi connectivity index (χ4n) is 2.61. The Bertz CT molecular complexity index is 1120. The molecule has 136 valence electrons. The van der Waals surface area contributed by atoms with Crippen LogP contribution in [0, 0.1) is 11.3 Å². The lowest BCUT2D eigenvalue weighted by molar-refractivity contribution is -0.141. The minimum absolute atomic E-state index is 0.0263. The van der Waals surface area contributed by atoms with Gasteiger partial charge in [-0.2, -0.15) is 10.3 Å². The molecule has 3 aromatic rings. The highest BCUT2D eigenvalue weighted by Crippen LogP contribution is 2.20. The van der Waals surface area contributed by atoms with E-state index in [9.17, 15) is 9.59 Å². The number of rotatable bonds is 4. The van der Waals surface area contributed by atoms with Crippen LogP contribution in [0.1, 0.15) is 28.4 Å². The zero-order chi connectivity index (χ0) is 19.4. The second-order valence-corrected chi connectivity index (χ2v) is 6.82. The Kier molecular flexibility index (Phi) is 5.48. The first kappa shape index (κ1) is 18.5. The van der Waals surface area contributed by atoms with Crippen LogP contribution in [-0.4, -0.2) is 23.6 Å². The normalized spacial score (nSPS) is 11.4. The zero-order valence-corrected chi connectivity index (χ0v) is 15.7. The number of methoxy groups -OCH3 is 1. The summed E-state index contributed by atoms with van der Waals surface area (Å²) in [5.74, 6) is -0.845. The van der Waals surface area contributed by atoms with Gasteiger partial charge in [-0.15, -0.1) is 0 Å². The van der Waals surface area contributed by atoms with Crippen molar-refractivity contribution in [3.05, 3.63) is 64.0 Å². The lowest BCUT2D eigenvalue weighted by Gasteiger charge is -2.04. The molecule has 0 aliphatic carbocycles. The molecule has 3 rings (SSSR count). The largest absolute Gasteiger partial charge is 0.468 e. The van der Waals surface area contributed by atoms with Gasteiger partial charge in [0.25, 0.3) is 5.91 Å². The molecule has 1 aromatic heterocycles. The summed E-state index contributed by atoms with van der Waals surface area (Å²) in [5, 5.41) is 8.87. The first-order valence-electron chi connectivity index (χ1n) is 8.34. The van der Waals surface area contributed by atoms with Crippen molar-refractivity contribution in [1.29, 1.82) is 5.26 Å². The number of fused-ring (bicyclic) bond motifs is 1. The third kappa shape index (κ3) is 3.96. The average Bonchev–Trinajstić information content (AvgIpc) is 3.03. The van der Waals surface area contributed by atoms with Crippen LogP contribution >= 0.6 is 11.3 Å². The van der Waals surface area contributed by atoms with E-state index >= 15 is 0 Å². The zero-order valence-electron chi connectivity index (χ0n) is 14.9. The molecule has 0 N–H and O–H groups in total. The van der Waals surface area contributed by atoms with Crippen molar-refractivity contribution < 1.29 is 14.3 Å². The number of nitrogens with zero attached hydrogens (tertiary/aromatic N) is 3. The Hall–Kier alpha value is -3.24. The molecule has 0 saturated heterocycles. The number of amides is 1. The summed E-state index contributed by atoms with van der Waals surface area (Å²) in [6.07, 6.45) is 0.890. The molecule has 0 atom stereocenters. The van der Waals surface area contributed by atoms with E-state index in [2.05, 4.69) is 11.9 Å². The molecule has 1 amide bonds. The molecule has 7 heteroatoms. The van der Waals surface area contributed by atoms with Crippen molar-refractivity contribution in [2.24, 2.45) is 4.99 Å². The molecule has 0 fully saturated rings. The van der Waals surface area contributed by atoms with Gasteiger partial charge in [0, 0.05) is 5.56 Å². The van der Waals surface area contributed by atoms with E-state index in [1.165, 1.54) is 24.0 Å². The van der Waals surface area contributed by atoms with E-state index in [0.717, 1.165) is 16.6 Å². The molecule has 0 aliphatic heterocycles. The summed E-state index contributed by atoms with van der Waals surface area (Å²) in [6.45, 7) is 2.04. The van der Waals surface area contributed by atoms with Gasteiger partial charge in [0.05, 0.1) is 29.0 Å². The first-order valence-corrected chi connectivity index (χ1v) is 9.15.